The van der Waals surface area contributed by atoms with E-state index < -0.39 is 33.4 Å². The van der Waals surface area contributed by atoms with Gasteiger partial charge in [-0.2, -0.15) is 0 Å². The fourth-order valence-electron chi connectivity index (χ4n) is 4.29. The number of sulfonamides is 1. The Morgan fingerprint density at radius 3 is 2.29 bits per heavy atom. The maximum Gasteiger partial charge on any atom is 0.271 e. The fraction of sp³-hybridized carbons (Fsp3) is 0.310. The van der Waals surface area contributed by atoms with Crippen LogP contribution in [0.3, 0.4) is 0 Å². The number of nitrogens with one attached hydrogen (secondary N) is 1. The second kappa shape index (κ2) is 14.8. The zero-order valence-corrected chi connectivity index (χ0v) is 25.9. The second-order valence-corrected chi connectivity index (χ2v) is 12.4. The molecule has 42 heavy (non-hydrogen) atoms. The van der Waals surface area contributed by atoms with Crippen molar-refractivity contribution in [2.24, 2.45) is 0 Å². The average Bonchev–Trinajstić information content (AvgIpc) is 2.96. The van der Waals surface area contributed by atoms with E-state index in [4.69, 9.17) is 4.74 Å². The zero-order valence-electron chi connectivity index (χ0n) is 23.5. The van der Waals surface area contributed by atoms with E-state index in [1.807, 2.05) is 37.3 Å². The third-order valence-electron chi connectivity index (χ3n) is 6.41. The molecule has 0 spiro atoms. The van der Waals surface area contributed by atoms with E-state index in [0.717, 1.165) is 26.7 Å². The molecule has 1 N–H and O–H groups in total. The van der Waals surface area contributed by atoms with Crippen LogP contribution in [0, 0.1) is 10.1 Å². The molecule has 0 aromatic heterocycles. The van der Waals surface area contributed by atoms with Crippen LogP contribution in [0.5, 0.6) is 5.75 Å². The third kappa shape index (κ3) is 8.76. The van der Waals surface area contributed by atoms with Gasteiger partial charge in [0, 0.05) is 36.1 Å². The number of carbonyl (C=O) groups excluding carboxylic acids is 2. The number of anilines is 1. The monoisotopic (exact) mass is 660 g/mol. The molecular weight excluding hydrogens is 628 g/mol. The molecule has 0 aliphatic carbocycles. The summed E-state index contributed by atoms with van der Waals surface area (Å²) in [6, 6.07) is 18.9. The van der Waals surface area contributed by atoms with Gasteiger partial charge in [0.05, 0.1) is 18.3 Å². The molecule has 0 saturated carbocycles. The lowest BCUT2D eigenvalue weighted by Crippen LogP contribution is -2.53. The van der Waals surface area contributed by atoms with Crippen LogP contribution in [0.4, 0.5) is 11.4 Å². The van der Waals surface area contributed by atoms with Gasteiger partial charge in [-0.25, -0.2) is 8.42 Å². The van der Waals surface area contributed by atoms with E-state index in [2.05, 4.69) is 21.2 Å². The largest absolute Gasteiger partial charge is 0.495 e. The number of rotatable bonds is 14. The van der Waals surface area contributed by atoms with E-state index in [1.165, 1.54) is 24.1 Å². The molecule has 224 valence electrons. The minimum atomic E-state index is -4.14. The molecule has 3 aromatic carbocycles. The first kappa shape index (κ1) is 32.5. The predicted octanol–water partition coefficient (Wildman–Crippen LogP) is 4.30. The van der Waals surface area contributed by atoms with Gasteiger partial charge in [-0.05, 0) is 35.7 Å². The highest BCUT2D eigenvalue weighted by atomic mass is 79.9. The van der Waals surface area contributed by atoms with E-state index in [1.54, 1.807) is 24.3 Å². The zero-order chi connectivity index (χ0) is 30.9. The van der Waals surface area contributed by atoms with Crippen LogP contribution in [0.1, 0.15) is 24.5 Å². The summed E-state index contributed by atoms with van der Waals surface area (Å²) in [7, 11) is -2.85. The van der Waals surface area contributed by atoms with Crippen molar-refractivity contribution in [2.45, 2.75) is 32.4 Å². The molecule has 3 aromatic rings. The van der Waals surface area contributed by atoms with Crippen molar-refractivity contribution < 1.29 is 27.7 Å². The van der Waals surface area contributed by atoms with Crippen LogP contribution in [0.25, 0.3) is 0 Å². The lowest BCUT2D eigenvalue weighted by molar-refractivity contribution is -0.384. The number of ether oxygens (including phenoxy) is 1. The minimum absolute atomic E-state index is 0.00678. The normalized spacial score (nSPS) is 11.8. The quantitative estimate of drug-likeness (QED) is 0.201. The van der Waals surface area contributed by atoms with Crippen molar-refractivity contribution in [2.75, 3.05) is 30.8 Å². The average molecular weight is 662 g/mol. The Kier molecular flexibility index (Phi) is 11.5. The highest BCUT2D eigenvalue weighted by molar-refractivity contribution is 9.10. The van der Waals surface area contributed by atoms with E-state index in [-0.39, 0.29) is 36.0 Å². The van der Waals surface area contributed by atoms with Crippen molar-refractivity contribution >= 4 is 49.1 Å². The molecule has 0 heterocycles. The number of hydrogen-bond acceptors (Lipinski definition) is 7. The van der Waals surface area contributed by atoms with Crippen LogP contribution in [0.15, 0.2) is 77.3 Å². The van der Waals surface area contributed by atoms with Crippen molar-refractivity contribution in [3.63, 3.8) is 0 Å². The molecule has 0 fully saturated rings. The van der Waals surface area contributed by atoms with Gasteiger partial charge in [0.25, 0.3) is 5.69 Å². The number of non-ortho nitro benzene ring substituents is 1. The molecule has 0 bridgehead atoms. The molecule has 0 aliphatic heterocycles. The first-order valence-corrected chi connectivity index (χ1v) is 15.7. The summed E-state index contributed by atoms with van der Waals surface area (Å²) in [6.45, 7) is 1.59. The van der Waals surface area contributed by atoms with Gasteiger partial charge >= 0.3 is 0 Å². The minimum Gasteiger partial charge on any atom is -0.495 e. The van der Waals surface area contributed by atoms with E-state index >= 15 is 0 Å². The number of hydrogen-bond donors (Lipinski definition) is 1. The third-order valence-corrected chi connectivity index (χ3v) is 8.06. The summed E-state index contributed by atoms with van der Waals surface area (Å²) in [5.41, 5.74) is 0.982. The number of carbonyl (C=O) groups is 2. The molecule has 0 saturated heterocycles. The molecule has 11 nitrogen and oxygen atoms in total. The highest BCUT2D eigenvalue weighted by Gasteiger charge is 2.34. The van der Waals surface area contributed by atoms with Gasteiger partial charge in [0.1, 0.15) is 24.0 Å². The maximum absolute atomic E-state index is 14.1. The Morgan fingerprint density at radius 1 is 1.05 bits per heavy atom. The molecule has 0 aliphatic rings. The fourth-order valence-corrected chi connectivity index (χ4v) is 5.40. The van der Waals surface area contributed by atoms with E-state index in [0.29, 0.717) is 18.5 Å². The Hall–Kier alpha value is -3.97. The molecular formula is C29H33BrN4O7S. The Labute approximate surface area is 253 Å². The predicted molar refractivity (Wildman–Crippen MR) is 164 cm³/mol. The summed E-state index contributed by atoms with van der Waals surface area (Å²) in [5, 5.41) is 14.3. The SMILES string of the molecule is CCCNC(=O)[C@H](Cc1ccccc1)N(Cc1ccc(Br)cc1)C(=O)CN(c1cc([N+](=O)[O-])ccc1OC)S(C)(=O)=O. The summed E-state index contributed by atoms with van der Waals surface area (Å²) in [6.07, 6.45) is 1.75. The van der Waals surface area contributed by atoms with Gasteiger partial charge in [-0.15, -0.1) is 0 Å². The summed E-state index contributed by atoms with van der Waals surface area (Å²) in [5.74, 6) is -1.03. The second-order valence-electron chi connectivity index (χ2n) is 9.53. The lowest BCUT2D eigenvalue weighted by Gasteiger charge is -2.33. The standard InChI is InChI=1S/C29H33BrN4O7S/c1-4-16-31-29(36)26(17-21-8-6-5-7-9-21)32(19-22-10-12-23(30)13-11-22)28(35)20-33(42(3,39)40)25-18-24(34(37)38)14-15-27(25)41-2/h5-15,18,26H,4,16-17,19-20H2,1-3H3,(H,31,36)/t26-/m0/s1. The van der Waals surface area contributed by atoms with Crippen LogP contribution >= 0.6 is 15.9 Å². The molecule has 1 atom stereocenters. The van der Waals surface area contributed by atoms with Crippen LogP contribution in [-0.4, -0.2) is 62.6 Å². The molecule has 0 unspecified atom stereocenters. The van der Waals surface area contributed by atoms with Gasteiger partial charge < -0.3 is 15.0 Å². The summed E-state index contributed by atoms with van der Waals surface area (Å²) >= 11 is 3.40. The highest BCUT2D eigenvalue weighted by Crippen LogP contribution is 2.34. The van der Waals surface area contributed by atoms with Gasteiger partial charge in [-0.1, -0.05) is 65.3 Å². The molecule has 2 amide bonds. The van der Waals surface area contributed by atoms with Crippen molar-refractivity contribution in [3.8, 4) is 5.75 Å². The number of halogens is 1. The van der Waals surface area contributed by atoms with Crippen LogP contribution in [0.2, 0.25) is 0 Å². The molecule has 13 heteroatoms. The topological polar surface area (TPSA) is 139 Å². The first-order chi connectivity index (χ1) is 19.9. The number of nitrogens with zero attached hydrogens (tertiary/aromatic N) is 3. The Bertz CT molecular complexity index is 1500. The van der Waals surface area contributed by atoms with Gasteiger partial charge in [0.15, 0.2) is 0 Å². The van der Waals surface area contributed by atoms with Gasteiger partial charge in [-0.3, -0.25) is 24.0 Å². The first-order valence-electron chi connectivity index (χ1n) is 13.1. The maximum atomic E-state index is 14.1. The van der Waals surface area contributed by atoms with Crippen molar-refractivity contribution in [3.05, 3.63) is 98.5 Å². The number of benzene rings is 3. The molecule has 3 rings (SSSR count). The smallest absolute Gasteiger partial charge is 0.271 e. The van der Waals surface area contributed by atoms with Crippen LogP contribution < -0.4 is 14.4 Å². The number of methoxy groups -OCH3 is 1. The Balaban J connectivity index is 2.11. The van der Waals surface area contributed by atoms with Crippen molar-refractivity contribution in [1.82, 2.24) is 10.2 Å². The number of nitro benzene ring substituents is 1. The number of nitro groups is 1. The lowest BCUT2D eigenvalue weighted by atomic mass is 10.0. The van der Waals surface area contributed by atoms with E-state index in [9.17, 15) is 28.1 Å². The summed E-state index contributed by atoms with van der Waals surface area (Å²) in [4.78, 5) is 39.8. The Morgan fingerprint density at radius 2 is 1.71 bits per heavy atom. The summed E-state index contributed by atoms with van der Waals surface area (Å²) < 4.78 is 32.9. The number of amides is 2. The van der Waals surface area contributed by atoms with Crippen molar-refractivity contribution in [1.29, 1.82) is 0 Å². The van der Waals surface area contributed by atoms with Gasteiger partial charge in [0.2, 0.25) is 21.8 Å². The molecule has 0 radical (unpaired) electrons. The van der Waals surface area contributed by atoms with Crippen LogP contribution in [-0.2, 0) is 32.6 Å².